The Labute approximate surface area is 120 Å². The summed E-state index contributed by atoms with van der Waals surface area (Å²) in [6, 6.07) is -0.404. The summed E-state index contributed by atoms with van der Waals surface area (Å²) in [7, 11) is 0. The molecular weight excluding hydrogens is 268 g/mol. The van der Waals surface area contributed by atoms with Crippen molar-refractivity contribution >= 4 is 24.3 Å². The van der Waals surface area contributed by atoms with Crippen LogP contribution in [0.2, 0.25) is 0 Å². The molecule has 0 saturated carbocycles. The predicted molar refractivity (Wildman–Crippen MR) is 75.4 cm³/mol. The zero-order valence-corrected chi connectivity index (χ0v) is 12.1. The van der Waals surface area contributed by atoms with Crippen molar-refractivity contribution in [1.29, 1.82) is 0 Å². The van der Waals surface area contributed by atoms with Gasteiger partial charge in [0.05, 0.1) is 6.54 Å². The van der Waals surface area contributed by atoms with E-state index in [-0.39, 0.29) is 18.3 Å². The van der Waals surface area contributed by atoms with Gasteiger partial charge in [-0.1, -0.05) is 0 Å². The van der Waals surface area contributed by atoms with Gasteiger partial charge in [-0.3, -0.25) is 15.0 Å². The molecule has 7 heteroatoms. The van der Waals surface area contributed by atoms with Crippen LogP contribution in [0.5, 0.6) is 0 Å². The van der Waals surface area contributed by atoms with Crippen LogP contribution in [-0.4, -0.2) is 56.1 Å². The molecule has 3 amide bonds. The molecule has 2 fully saturated rings. The average Bonchev–Trinajstić information content (AvgIpc) is 2.90. The Morgan fingerprint density at radius 1 is 1.37 bits per heavy atom. The van der Waals surface area contributed by atoms with E-state index < -0.39 is 6.03 Å². The number of likely N-dealkylation sites (tertiary alicyclic amines) is 1. The van der Waals surface area contributed by atoms with E-state index in [1.54, 1.807) is 0 Å². The van der Waals surface area contributed by atoms with Crippen molar-refractivity contribution in [3.05, 3.63) is 0 Å². The number of urea groups is 1. The van der Waals surface area contributed by atoms with Crippen LogP contribution in [0.15, 0.2) is 0 Å². The van der Waals surface area contributed by atoms with Crippen molar-refractivity contribution in [1.82, 2.24) is 20.9 Å². The zero-order chi connectivity index (χ0) is 13.0. The van der Waals surface area contributed by atoms with E-state index in [2.05, 4.69) is 20.9 Å². The Balaban J connectivity index is 0.00000180. The van der Waals surface area contributed by atoms with Crippen molar-refractivity contribution in [2.24, 2.45) is 5.41 Å². The highest BCUT2D eigenvalue weighted by atomic mass is 35.5. The molecule has 19 heavy (non-hydrogen) atoms. The largest absolute Gasteiger partial charge is 0.338 e. The molecule has 0 aromatic rings. The minimum Gasteiger partial charge on any atom is -0.338 e. The number of imide groups is 1. The minimum atomic E-state index is -0.404. The van der Waals surface area contributed by atoms with Crippen LogP contribution < -0.4 is 16.0 Å². The number of hydrogen-bond acceptors (Lipinski definition) is 4. The number of nitrogens with zero attached hydrogens (tertiary/aromatic N) is 1. The zero-order valence-electron chi connectivity index (χ0n) is 11.3. The van der Waals surface area contributed by atoms with Gasteiger partial charge in [0.2, 0.25) is 5.91 Å². The first kappa shape index (κ1) is 16.2. The van der Waals surface area contributed by atoms with E-state index in [9.17, 15) is 9.59 Å². The van der Waals surface area contributed by atoms with Crippen molar-refractivity contribution in [2.45, 2.75) is 19.8 Å². The summed E-state index contributed by atoms with van der Waals surface area (Å²) in [6.07, 6.45) is 2.34. The second-order valence-corrected chi connectivity index (χ2v) is 5.30. The summed E-state index contributed by atoms with van der Waals surface area (Å²) in [5, 5.41) is 8.28. The Kier molecular flexibility index (Phi) is 6.03. The summed E-state index contributed by atoms with van der Waals surface area (Å²) in [4.78, 5) is 25.0. The Bertz CT molecular complexity index is 332. The monoisotopic (exact) mass is 290 g/mol. The maximum Gasteiger partial charge on any atom is 0.321 e. The predicted octanol–water partition coefficient (Wildman–Crippen LogP) is -0.0607. The molecule has 2 heterocycles. The number of rotatable bonds is 3. The van der Waals surface area contributed by atoms with Gasteiger partial charge in [-0.15, -0.1) is 12.4 Å². The van der Waals surface area contributed by atoms with Crippen LogP contribution in [0, 0.1) is 5.41 Å². The van der Waals surface area contributed by atoms with E-state index in [1.807, 2.05) is 6.92 Å². The molecule has 0 aromatic carbocycles. The van der Waals surface area contributed by atoms with Crippen molar-refractivity contribution in [3.8, 4) is 0 Å². The number of carbonyl (C=O) groups excluding carboxylic acids is 2. The van der Waals surface area contributed by atoms with Gasteiger partial charge in [0.25, 0.3) is 0 Å². The van der Waals surface area contributed by atoms with Crippen molar-refractivity contribution in [2.75, 3.05) is 39.3 Å². The maximum absolute atomic E-state index is 11.7. The second kappa shape index (κ2) is 7.07. The number of nitrogens with one attached hydrogen (secondary N) is 3. The van der Waals surface area contributed by atoms with E-state index in [1.165, 1.54) is 6.42 Å². The van der Waals surface area contributed by atoms with Crippen LogP contribution in [0.25, 0.3) is 0 Å². The first-order chi connectivity index (χ1) is 8.63. The lowest BCUT2D eigenvalue weighted by Gasteiger charge is -2.22. The molecule has 2 aliphatic rings. The molecule has 0 aromatic heterocycles. The molecule has 2 saturated heterocycles. The SMILES string of the molecule is CCNC(=O)NC(=O)CN1CCC2(CCNC2)C1.Cl. The van der Waals surface area contributed by atoms with Gasteiger partial charge in [0.15, 0.2) is 0 Å². The first-order valence-electron chi connectivity index (χ1n) is 6.64. The molecule has 0 aliphatic carbocycles. The Hall–Kier alpha value is -0.850. The van der Waals surface area contributed by atoms with Crippen LogP contribution in [0.1, 0.15) is 19.8 Å². The smallest absolute Gasteiger partial charge is 0.321 e. The minimum absolute atomic E-state index is 0. The Morgan fingerprint density at radius 3 is 2.79 bits per heavy atom. The fraction of sp³-hybridized carbons (Fsp3) is 0.833. The van der Waals surface area contributed by atoms with Crippen molar-refractivity contribution < 1.29 is 9.59 Å². The number of halogens is 1. The summed E-state index contributed by atoms with van der Waals surface area (Å²) in [6.45, 7) is 6.71. The molecule has 2 rings (SSSR count). The van der Waals surface area contributed by atoms with Gasteiger partial charge in [-0.25, -0.2) is 4.79 Å². The van der Waals surface area contributed by atoms with Gasteiger partial charge in [0, 0.05) is 19.6 Å². The lowest BCUT2D eigenvalue weighted by Crippen LogP contribution is -2.44. The number of hydrogen-bond donors (Lipinski definition) is 3. The van der Waals surface area contributed by atoms with Gasteiger partial charge in [-0.2, -0.15) is 0 Å². The maximum atomic E-state index is 11.7. The van der Waals surface area contributed by atoms with Crippen LogP contribution in [0.4, 0.5) is 4.79 Å². The summed E-state index contributed by atoms with van der Waals surface area (Å²) < 4.78 is 0. The standard InChI is InChI=1S/C12H22N4O2.ClH/c1-2-14-11(18)15-10(17)7-16-6-4-12(9-16)3-5-13-8-12;/h13H,2-9H2,1H3,(H2,14,15,17,18);1H. The van der Waals surface area contributed by atoms with E-state index in [4.69, 9.17) is 0 Å². The van der Waals surface area contributed by atoms with Gasteiger partial charge in [0.1, 0.15) is 0 Å². The quantitative estimate of drug-likeness (QED) is 0.681. The third-order valence-electron chi connectivity index (χ3n) is 3.81. The summed E-state index contributed by atoms with van der Waals surface area (Å²) >= 11 is 0. The van der Waals surface area contributed by atoms with Crippen molar-refractivity contribution in [3.63, 3.8) is 0 Å². The average molecular weight is 291 g/mol. The van der Waals surface area contributed by atoms with Crippen LogP contribution >= 0.6 is 12.4 Å². The highest BCUT2D eigenvalue weighted by molar-refractivity contribution is 5.95. The molecular formula is C12H23ClN4O2. The molecule has 6 nitrogen and oxygen atoms in total. The number of carbonyl (C=O) groups is 2. The first-order valence-corrected chi connectivity index (χ1v) is 6.64. The van der Waals surface area contributed by atoms with E-state index in [0.29, 0.717) is 18.5 Å². The van der Waals surface area contributed by atoms with Gasteiger partial charge < -0.3 is 10.6 Å². The van der Waals surface area contributed by atoms with E-state index >= 15 is 0 Å². The topological polar surface area (TPSA) is 73.5 Å². The molecule has 0 bridgehead atoms. The highest BCUT2D eigenvalue weighted by Crippen LogP contribution is 2.35. The molecule has 1 unspecified atom stereocenters. The van der Waals surface area contributed by atoms with E-state index in [0.717, 1.165) is 32.6 Å². The van der Waals surface area contributed by atoms with Gasteiger partial charge in [-0.05, 0) is 38.3 Å². The lowest BCUT2D eigenvalue weighted by atomic mass is 9.87. The fourth-order valence-electron chi connectivity index (χ4n) is 2.88. The third kappa shape index (κ3) is 4.33. The molecule has 0 radical (unpaired) electrons. The summed E-state index contributed by atoms with van der Waals surface area (Å²) in [5.41, 5.74) is 0.367. The lowest BCUT2D eigenvalue weighted by molar-refractivity contribution is -0.121. The molecule has 2 aliphatic heterocycles. The summed E-state index contributed by atoms with van der Waals surface area (Å²) in [5.74, 6) is -0.219. The van der Waals surface area contributed by atoms with Crippen LogP contribution in [0.3, 0.4) is 0 Å². The second-order valence-electron chi connectivity index (χ2n) is 5.30. The third-order valence-corrected chi connectivity index (χ3v) is 3.81. The molecule has 1 spiro atoms. The highest BCUT2D eigenvalue weighted by Gasteiger charge is 2.40. The van der Waals surface area contributed by atoms with Crippen LogP contribution in [-0.2, 0) is 4.79 Å². The fourth-order valence-corrected chi connectivity index (χ4v) is 2.88. The molecule has 110 valence electrons. The Morgan fingerprint density at radius 2 is 2.16 bits per heavy atom. The normalized spacial score (nSPS) is 26.2. The number of amides is 3. The molecule has 3 N–H and O–H groups in total. The van der Waals surface area contributed by atoms with Gasteiger partial charge >= 0.3 is 6.03 Å². The molecule has 1 atom stereocenters.